The number of rotatable bonds is 6. The molecule has 2 aromatic rings. The Hall–Kier alpha value is -2.81. The van der Waals surface area contributed by atoms with Gasteiger partial charge in [0.25, 0.3) is 11.8 Å². The Morgan fingerprint density at radius 2 is 2.04 bits per heavy atom. The van der Waals surface area contributed by atoms with Crippen molar-refractivity contribution < 1.29 is 14.3 Å². The molecule has 1 fully saturated rings. The molecule has 0 spiro atoms. The molecule has 25 heavy (non-hydrogen) atoms. The smallest absolute Gasteiger partial charge is 0.275 e. The minimum atomic E-state index is -0.202. The number of methoxy groups -OCH3 is 1. The summed E-state index contributed by atoms with van der Waals surface area (Å²) in [5.41, 5.74) is 0.903. The van der Waals surface area contributed by atoms with E-state index in [0.717, 1.165) is 0 Å². The summed E-state index contributed by atoms with van der Waals surface area (Å²) in [5, 5.41) is 7.97. The number of nitrogens with zero attached hydrogens (tertiary/aromatic N) is 6. The van der Waals surface area contributed by atoms with Gasteiger partial charge in [0.1, 0.15) is 0 Å². The monoisotopic (exact) mass is 344 g/mol. The largest absolute Gasteiger partial charge is 0.383 e. The van der Waals surface area contributed by atoms with Gasteiger partial charge in [-0.3, -0.25) is 14.6 Å². The number of hydrogen-bond donors (Lipinski definition) is 0. The van der Waals surface area contributed by atoms with E-state index < -0.39 is 0 Å². The molecule has 0 bridgehead atoms. The first-order valence-electron chi connectivity index (χ1n) is 7.95. The molecule has 3 rings (SSSR count). The van der Waals surface area contributed by atoms with Crippen LogP contribution in [0.2, 0.25) is 0 Å². The first-order valence-corrected chi connectivity index (χ1v) is 7.95. The first kappa shape index (κ1) is 17.0. The fourth-order valence-electron chi connectivity index (χ4n) is 2.54. The lowest BCUT2D eigenvalue weighted by atomic mass is 10.1. The normalized spacial score (nSPS) is 14.2. The van der Waals surface area contributed by atoms with Gasteiger partial charge in [-0.05, 0) is 12.1 Å². The molecule has 0 aliphatic carbocycles. The van der Waals surface area contributed by atoms with E-state index in [1.54, 1.807) is 54.5 Å². The second-order valence-electron chi connectivity index (χ2n) is 5.90. The molecule has 0 aromatic carbocycles. The summed E-state index contributed by atoms with van der Waals surface area (Å²) in [7, 11) is 3.28. The summed E-state index contributed by atoms with van der Waals surface area (Å²) < 4.78 is 6.61. The summed E-state index contributed by atoms with van der Waals surface area (Å²) in [5.74, 6) is -0.235. The Kier molecular flexibility index (Phi) is 5.03. The number of ether oxygens (including phenoxy) is 1. The molecule has 9 nitrogen and oxygen atoms in total. The van der Waals surface area contributed by atoms with Crippen molar-refractivity contribution in [3.63, 3.8) is 0 Å². The number of carbonyl (C=O) groups excluding carboxylic acids is 2. The van der Waals surface area contributed by atoms with E-state index >= 15 is 0 Å². The molecule has 3 heterocycles. The summed E-state index contributed by atoms with van der Waals surface area (Å²) >= 11 is 0. The number of likely N-dealkylation sites (N-methyl/N-ethyl adjacent to an activating group) is 1. The van der Waals surface area contributed by atoms with Crippen LogP contribution >= 0.6 is 0 Å². The lowest BCUT2D eigenvalue weighted by molar-refractivity contribution is 0.0498. The molecule has 9 heteroatoms. The average Bonchev–Trinajstić information content (AvgIpc) is 3.07. The molecule has 0 saturated carbocycles. The van der Waals surface area contributed by atoms with Gasteiger partial charge in [0.2, 0.25) is 0 Å². The number of likely N-dealkylation sites (tertiary alicyclic amines) is 1. The van der Waals surface area contributed by atoms with Crippen molar-refractivity contribution in [2.75, 3.05) is 40.4 Å². The van der Waals surface area contributed by atoms with E-state index in [-0.39, 0.29) is 23.6 Å². The maximum Gasteiger partial charge on any atom is 0.275 e. The fourth-order valence-corrected chi connectivity index (χ4v) is 2.54. The van der Waals surface area contributed by atoms with Crippen molar-refractivity contribution in [1.29, 1.82) is 0 Å². The second-order valence-corrected chi connectivity index (χ2v) is 5.90. The number of pyridine rings is 1. The van der Waals surface area contributed by atoms with Crippen molar-refractivity contribution >= 4 is 11.8 Å². The molecule has 0 atom stereocenters. The average molecular weight is 344 g/mol. The van der Waals surface area contributed by atoms with E-state index in [0.29, 0.717) is 31.8 Å². The Balaban J connectivity index is 1.56. The highest BCUT2D eigenvalue weighted by Gasteiger charge is 2.33. The molecule has 132 valence electrons. The zero-order valence-electron chi connectivity index (χ0n) is 14.2. The van der Waals surface area contributed by atoms with Crippen LogP contribution in [0.5, 0.6) is 0 Å². The zero-order chi connectivity index (χ0) is 17.8. The van der Waals surface area contributed by atoms with Gasteiger partial charge in [-0.25, -0.2) is 4.68 Å². The third-order valence-electron chi connectivity index (χ3n) is 4.16. The summed E-state index contributed by atoms with van der Waals surface area (Å²) in [6.07, 6.45) is 4.82. The van der Waals surface area contributed by atoms with Crippen molar-refractivity contribution in [1.82, 2.24) is 29.8 Å². The summed E-state index contributed by atoms with van der Waals surface area (Å²) in [4.78, 5) is 31.7. The van der Waals surface area contributed by atoms with Gasteiger partial charge >= 0.3 is 0 Å². The topological polar surface area (TPSA) is 93.5 Å². The van der Waals surface area contributed by atoms with Crippen LogP contribution in [0.15, 0.2) is 30.7 Å². The highest BCUT2D eigenvalue weighted by atomic mass is 16.5. The molecule has 1 aliphatic heterocycles. The van der Waals surface area contributed by atoms with Crippen molar-refractivity contribution in [2.24, 2.45) is 0 Å². The third-order valence-corrected chi connectivity index (χ3v) is 4.16. The van der Waals surface area contributed by atoms with Crippen molar-refractivity contribution in [3.8, 4) is 0 Å². The van der Waals surface area contributed by atoms with Gasteiger partial charge in [0.05, 0.1) is 18.8 Å². The van der Waals surface area contributed by atoms with Gasteiger partial charge in [0.15, 0.2) is 5.69 Å². The van der Waals surface area contributed by atoms with Crippen LogP contribution in [0.4, 0.5) is 0 Å². The van der Waals surface area contributed by atoms with Crippen LogP contribution in [0, 0.1) is 0 Å². The zero-order valence-corrected chi connectivity index (χ0v) is 14.2. The molecule has 0 unspecified atom stereocenters. The molecule has 0 N–H and O–H groups in total. The maximum atomic E-state index is 12.3. The predicted molar refractivity (Wildman–Crippen MR) is 88.0 cm³/mol. The third kappa shape index (κ3) is 3.66. The Morgan fingerprint density at radius 1 is 1.32 bits per heavy atom. The van der Waals surface area contributed by atoms with Crippen molar-refractivity contribution in [3.05, 3.63) is 42.0 Å². The van der Waals surface area contributed by atoms with Gasteiger partial charge in [-0.2, -0.15) is 0 Å². The quantitative estimate of drug-likeness (QED) is 0.737. The summed E-state index contributed by atoms with van der Waals surface area (Å²) in [6.45, 7) is 2.03. The second kappa shape index (κ2) is 7.39. The number of aromatic nitrogens is 4. The Bertz CT molecular complexity index is 741. The van der Waals surface area contributed by atoms with Crippen LogP contribution in [0.1, 0.15) is 26.9 Å². The van der Waals surface area contributed by atoms with E-state index in [9.17, 15) is 9.59 Å². The molecular formula is C16H20N6O3. The lowest BCUT2D eigenvalue weighted by Gasteiger charge is -2.38. The molecular weight excluding hydrogens is 324 g/mol. The van der Waals surface area contributed by atoms with Crippen LogP contribution in [0.25, 0.3) is 0 Å². The molecule has 1 aliphatic rings. The van der Waals surface area contributed by atoms with Crippen LogP contribution < -0.4 is 0 Å². The number of hydrogen-bond acceptors (Lipinski definition) is 6. The lowest BCUT2D eigenvalue weighted by Crippen LogP contribution is -2.50. The van der Waals surface area contributed by atoms with E-state index in [1.165, 1.54) is 4.90 Å². The highest BCUT2D eigenvalue weighted by molar-refractivity contribution is 5.94. The van der Waals surface area contributed by atoms with Crippen LogP contribution in [-0.2, 0) is 4.74 Å². The first-order chi connectivity index (χ1) is 12.1. The van der Waals surface area contributed by atoms with Crippen molar-refractivity contribution in [2.45, 2.75) is 6.04 Å². The Morgan fingerprint density at radius 3 is 2.72 bits per heavy atom. The van der Waals surface area contributed by atoms with Gasteiger partial charge in [-0.1, -0.05) is 5.21 Å². The molecule has 2 amide bonds. The van der Waals surface area contributed by atoms with Gasteiger partial charge < -0.3 is 14.5 Å². The fraction of sp³-hybridized carbons (Fsp3) is 0.438. The van der Waals surface area contributed by atoms with Crippen LogP contribution in [0.3, 0.4) is 0 Å². The Labute approximate surface area is 145 Å². The van der Waals surface area contributed by atoms with Gasteiger partial charge in [-0.15, -0.1) is 5.10 Å². The van der Waals surface area contributed by atoms with E-state index in [4.69, 9.17) is 4.74 Å². The van der Waals surface area contributed by atoms with Crippen LogP contribution in [-0.4, -0.2) is 82.0 Å². The maximum absolute atomic E-state index is 12.3. The summed E-state index contributed by atoms with van der Waals surface area (Å²) in [6, 6.07) is 3.42. The number of amides is 2. The SMILES string of the molecule is COCCN(C)C(=O)c1cn(C2CN(C(=O)c3ccncc3)C2)nn1. The minimum Gasteiger partial charge on any atom is -0.383 e. The number of carbonyl (C=O) groups is 2. The predicted octanol–water partition coefficient (Wildman–Crippen LogP) is 0.0886. The highest BCUT2D eigenvalue weighted by Crippen LogP contribution is 2.22. The van der Waals surface area contributed by atoms with Gasteiger partial charge in [0, 0.05) is 51.7 Å². The molecule has 2 aromatic heterocycles. The van der Waals surface area contributed by atoms with E-state index in [1.807, 2.05) is 0 Å². The van der Waals surface area contributed by atoms with E-state index in [2.05, 4.69) is 15.3 Å². The molecule has 0 radical (unpaired) electrons. The molecule has 1 saturated heterocycles. The standard InChI is InChI=1S/C16H20N6O3/c1-20(7-8-25-2)16(24)14-11-22(19-18-14)13-9-21(10-13)15(23)12-3-5-17-6-4-12/h3-6,11,13H,7-10H2,1-2H3. The minimum absolute atomic E-state index is 0.0316.